The van der Waals surface area contributed by atoms with E-state index in [1.807, 2.05) is 24.5 Å². The van der Waals surface area contributed by atoms with Gasteiger partial charge in [0.05, 0.1) is 30.0 Å². The molecule has 108 valence electrons. The number of hydrogen-bond donors (Lipinski definition) is 1. The van der Waals surface area contributed by atoms with Crippen molar-refractivity contribution in [1.82, 2.24) is 9.78 Å². The fourth-order valence-corrected chi connectivity index (χ4v) is 2.57. The Hall–Kier alpha value is -2.12. The first-order valence-electron chi connectivity index (χ1n) is 7.25. The fraction of sp³-hybridized carbons (Fsp3) is 0.412. The van der Waals surface area contributed by atoms with Crippen LogP contribution in [0, 0.1) is 11.3 Å². The SMILES string of the molecule is CC(C)(O)Cn1cc(-c2ccc(C#N)c(C3CC3)c2)cn1. The molecule has 4 heteroatoms. The molecule has 0 atom stereocenters. The molecule has 4 nitrogen and oxygen atoms in total. The van der Waals surface area contributed by atoms with Crippen molar-refractivity contribution < 1.29 is 5.11 Å². The third-order valence-electron chi connectivity index (χ3n) is 3.70. The molecule has 0 radical (unpaired) electrons. The van der Waals surface area contributed by atoms with Crippen LogP contribution in [0.1, 0.15) is 43.7 Å². The summed E-state index contributed by atoms with van der Waals surface area (Å²) in [6.07, 6.45) is 6.10. The molecule has 3 rings (SSSR count). The number of nitriles is 1. The zero-order valence-corrected chi connectivity index (χ0v) is 12.4. The molecule has 1 aromatic heterocycles. The van der Waals surface area contributed by atoms with Gasteiger partial charge in [-0.25, -0.2) is 0 Å². The molecule has 0 aliphatic heterocycles. The summed E-state index contributed by atoms with van der Waals surface area (Å²) in [4.78, 5) is 0. The van der Waals surface area contributed by atoms with Crippen LogP contribution in [0.4, 0.5) is 0 Å². The summed E-state index contributed by atoms with van der Waals surface area (Å²) in [5.41, 5.74) is 3.26. The Labute approximate surface area is 124 Å². The zero-order valence-electron chi connectivity index (χ0n) is 12.4. The van der Waals surface area contributed by atoms with Gasteiger partial charge < -0.3 is 5.11 Å². The minimum Gasteiger partial charge on any atom is -0.389 e. The smallest absolute Gasteiger partial charge is 0.0994 e. The standard InChI is InChI=1S/C17H19N3O/c1-17(2,21)11-20-10-15(9-19-20)13-5-6-14(8-18)16(7-13)12-3-4-12/h5-7,9-10,12,21H,3-4,11H2,1-2H3. The van der Waals surface area contributed by atoms with Crippen LogP contribution in [0.3, 0.4) is 0 Å². The first kappa shape index (κ1) is 13.8. The van der Waals surface area contributed by atoms with E-state index in [0.717, 1.165) is 22.3 Å². The minimum atomic E-state index is -0.785. The summed E-state index contributed by atoms with van der Waals surface area (Å²) < 4.78 is 1.75. The molecular weight excluding hydrogens is 262 g/mol. The molecule has 1 saturated carbocycles. The van der Waals surface area contributed by atoms with E-state index in [0.29, 0.717) is 12.5 Å². The van der Waals surface area contributed by atoms with Gasteiger partial charge in [0.15, 0.2) is 0 Å². The largest absolute Gasteiger partial charge is 0.389 e. The molecule has 1 aromatic carbocycles. The highest BCUT2D eigenvalue weighted by Gasteiger charge is 2.26. The number of hydrogen-bond acceptors (Lipinski definition) is 3. The molecule has 0 spiro atoms. The van der Waals surface area contributed by atoms with Gasteiger partial charge in [0.25, 0.3) is 0 Å². The van der Waals surface area contributed by atoms with Gasteiger partial charge in [-0.2, -0.15) is 10.4 Å². The van der Waals surface area contributed by atoms with E-state index in [1.165, 1.54) is 12.8 Å². The van der Waals surface area contributed by atoms with Crippen molar-refractivity contribution in [2.75, 3.05) is 0 Å². The second-order valence-electron chi connectivity index (χ2n) is 6.43. The van der Waals surface area contributed by atoms with Crippen molar-refractivity contribution in [1.29, 1.82) is 5.26 Å². The predicted octanol–water partition coefficient (Wildman–Crippen LogP) is 3.07. The van der Waals surface area contributed by atoms with Crippen LogP contribution < -0.4 is 0 Å². The first-order chi connectivity index (χ1) is 9.96. The lowest BCUT2D eigenvalue weighted by Gasteiger charge is -2.16. The minimum absolute atomic E-state index is 0.457. The van der Waals surface area contributed by atoms with E-state index < -0.39 is 5.60 Å². The molecule has 1 aliphatic carbocycles. The fourth-order valence-electron chi connectivity index (χ4n) is 2.57. The summed E-state index contributed by atoms with van der Waals surface area (Å²) in [5.74, 6) is 0.547. The summed E-state index contributed by atoms with van der Waals surface area (Å²) >= 11 is 0. The summed E-state index contributed by atoms with van der Waals surface area (Å²) in [5, 5.41) is 23.3. The Morgan fingerprint density at radius 3 is 2.76 bits per heavy atom. The van der Waals surface area contributed by atoms with Gasteiger partial charge in [0, 0.05) is 11.8 Å². The third-order valence-corrected chi connectivity index (χ3v) is 3.70. The number of aliphatic hydroxyl groups is 1. The Morgan fingerprint density at radius 2 is 2.14 bits per heavy atom. The number of aromatic nitrogens is 2. The van der Waals surface area contributed by atoms with Gasteiger partial charge in [-0.05, 0) is 55.9 Å². The maximum atomic E-state index is 9.85. The average Bonchev–Trinajstić information content (AvgIpc) is 3.17. The Bertz CT molecular complexity index is 700. The molecule has 21 heavy (non-hydrogen) atoms. The quantitative estimate of drug-likeness (QED) is 0.936. The van der Waals surface area contributed by atoms with Crippen molar-refractivity contribution in [2.24, 2.45) is 0 Å². The lowest BCUT2D eigenvalue weighted by atomic mass is 9.98. The molecular formula is C17H19N3O. The average molecular weight is 281 g/mol. The zero-order chi connectivity index (χ0) is 15.0. The molecule has 0 unspecified atom stereocenters. The highest BCUT2D eigenvalue weighted by molar-refractivity contribution is 5.65. The summed E-state index contributed by atoms with van der Waals surface area (Å²) in [6, 6.07) is 8.26. The van der Waals surface area contributed by atoms with Crippen LogP contribution in [0.25, 0.3) is 11.1 Å². The predicted molar refractivity (Wildman–Crippen MR) is 80.7 cm³/mol. The molecule has 0 amide bonds. The molecule has 1 N–H and O–H groups in total. The molecule has 2 aromatic rings. The number of benzene rings is 1. The Morgan fingerprint density at radius 1 is 1.38 bits per heavy atom. The molecule has 1 fully saturated rings. The summed E-state index contributed by atoms with van der Waals surface area (Å²) in [6.45, 7) is 3.99. The van der Waals surface area contributed by atoms with Crippen molar-refractivity contribution in [2.45, 2.75) is 44.8 Å². The lowest BCUT2D eigenvalue weighted by Crippen LogP contribution is -2.26. The number of rotatable bonds is 4. The van der Waals surface area contributed by atoms with Crippen LogP contribution in [0.5, 0.6) is 0 Å². The van der Waals surface area contributed by atoms with Crippen LogP contribution >= 0.6 is 0 Å². The number of nitrogens with zero attached hydrogens (tertiary/aromatic N) is 3. The van der Waals surface area contributed by atoms with Crippen LogP contribution in [-0.4, -0.2) is 20.5 Å². The lowest BCUT2D eigenvalue weighted by molar-refractivity contribution is 0.0577. The maximum Gasteiger partial charge on any atom is 0.0994 e. The van der Waals surface area contributed by atoms with E-state index in [1.54, 1.807) is 18.5 Å². The van der Waals surface area contributed by atoms with Crippen LogP contribution in [-0.2, 0) is 6.54 Å². The van der Waals surface area contributed by atoms with E-state index in [2.05, 4.69) is 17.2 Å². The van der Waals surface area contributed by atoms with Gasteiger partial charge in [0.1, 0.15) is 0 Å². The molecule has 1 heterocycles. The second-order valence-corrected chi connectivity index (χ2v) is 6.43. The van der Waals surface area contributed by atoms with E-state index >= 15 is 0 Å². The van der Waals surface area contributed by atoms with Crippen LogP contribution in [0.2, 0.25) is 0 Å². The van der Waals surface area contributed by atoms with Crippen molar-refractivity contribution in [3.63, 3.8) is 0 Å². The van der Waals surface area contributed by atoms with Crippen molar-refractivity contribution in [3.05, 3.63) is 41.7 Å². The van der Waals surface area contributed by atoms with Crippen LogP contribution in [0.15, 0.2) is 30.6 Å². The van der Waals surface area contributed by atoms with Gasteiger partial charge in [0.2, 0.25) is 0 Å². The van der Waals surface area contributed by atoms with Gasteiger partial charge in [-0.1, -0.05) is 6.07 Å². The van der Waals surface area contributed by atoms with E-state index in [-0.39, 0.29) is 0 Å². The highest BCUT2D eigenvalue weighted by atomic mass is 16.3. The second kappa shape index (κ2) is 5.01. The maximum absolute atomic E-state index is 9.85. The topological polar surface area (TPSA) is 61.8 Å². The highest BCUT2D eigenvalue weighted by Crippen LogP contribution is 2.42. The van der Waals surface area contributed by atoms with E-state index in [4.69, 9.17) is 0 Å². The Balaban J connectivity index is 1.90. The monoisotopic (exact) mass is 281 g/mol. The third kappa shape index (κ3) is 3.14. The van der Waals surface area contributed by atoms with Gasteiger partial charge in [-0.3, -0.25) is 4.68 Å². The molecule has 1 aliphatic rings. The van der Waals surface area contributed by atoms with E-state index in [9.17, 15) is 10.4 Å². The van der Waals surface area contributed by atoms with Crippen molar-refractivity contribution >= 4 is 0 Å². The summed E-state index contributed by atoms with van der Waals surface area (Å²) in [7, 11) is 0. The normalized spacial score (nSPS) is 15.0. The molecule has 0 bridgehead atoms. The Kier molecular flexibility index (Phi) is 3.30. The van der Waals surface area contributed by atoms with Gasteiger partial charge in [-0.15, -0.1) is 0 Å². The first-order valence-corrected chi connectivity index (χ1v) is 7.25. The van der Waals surface area contributed by atoms with Crippen molar-refractivity contribution in [3.8, 4) is 17.2 Å². The molecule has 0 saturated heterocycles. The van der Waals surface area contributed by atoms with Gasteiger partial charge >= 0.3 is 0 Å².